The first-order valence-corrected chi connectivity index (χ1v) is 11.2. The number of pyridine rings is 1. The van der Waals surface area contributed by atoms with Crippen molar-refractivity contribution in [2.75, 3.05) is 18.0 Å². The smallest absolute Gasteiger partial charge is 0.154 e. The van der Waals surface area contributed by atoms with Crippen LogP contribution in [0.2, 0.25) is 5.02 Å². The molecule has 33 heavy (non-hydrogen) atoms. The molecule has 1 aliphatic heterocycles. The summed E-state index contributed by atoms with van der Waals surface area (Å²) in [5.41, 5.74) is 11.2. The van der Waals surface area contributed by atoms with Crippen LogP contribution in [-0.2, 0) is 6.42 Å². The minimum atomic E-state index is -0.460. The normalized spacial score (nSPS) is 19.0. The highest BCUT2D eigenvalue weighted by Crippen LogP contribution is 2.50. The van der Waals surface area contributed by atoms with E-state index in [0.717, 1.165) is 49.4 Å². The zero-order chi connectivity index (χ0) is 21.9. The fourth-order valence-electron chi connectivity index (χ4n) is 5.34. The van der Waals surface area contributed by atoms with Crippen molar-refractivity contribution in [2.24, 2.45) is 11.1 Å². The van der Waals surface area contributed by atoms with Crippen LogP contribution in [0.4, 0.5) is 10.2 Å². The van der Waals surface area contributed by atoms with E-state index in [-0.39, 0.29) is 28.9 Å². The largest absolute Gasteiger partial charge is 0.355 e. The molecule has 1 fully saturated rings. The summed E-state index contributed by atoms with van der Waals surface area (Å²) in [6.07, 6.45) is 8.20. The van der Waals surface area contributed by atoms with E-state index in [0.29, 0.717) is 11.3 Å². The summed E-state index contributed by atoms with van der Waals surface area (Å²) in [7, 11) is 0. The van der Waals surface area contributed by atoms with Gasteiger partial charge in [0.15, 0.2) is 5.82 Å². The Morgan fingerprint density at radius 1 is 1.06 bits per heavy atom. The Morgan fingerprint density at radius 2 is 1.88 bits per heavy atom. The molecule has 0 saturated carbocycles. The van der Waals surface area contributed by atoms with Crippen molar-refractivity contribution in [3.05, 3.63) is 77.1 Å². The number of rotatable bonds is 2. The van der Waals surface area contributed by atoms with E-state index in [9.17, 15) is 4.39 Å². The number of piperidine rings is 1. The Kier molecular flexibility index (Phi) is 5.51. The van der Waals surface area contributed by atoms with Crippen LogP contribution in [0.1, 0.15) is 30.1 Å². The van der Waals surface area contributed by atoms with E-state index < -0.39 is 5.82 Å². The highest BCUT2D eigenvalue weighted by atomic mass is 35.5. The first kappa shape index (κ1) is 22.1. The first-order chi connectivity index (χ1) is 15.6. The summed E-state index contributed by atoms with van der Waals surface area (Å²) < 4.78 is 15.8. The van der Waals surface area contributed by atoms with Crippen LogP contribution in [0.3, 0.4) is 0 Å². The molecule has 3 aromatic heterocycles. The summed E-state index contributed by atoms with van der Waals surface area (Å²) in [4.78, 5) is 11.6. The Hall–Kier alpha value is -2.74. The third-order valence-corrected chi connectivity index (χ3v) is 7.52. The minimum absolute atomic E-state index is 0. The summed E-state index contributed by atoms with van der Waals surface area (Å²) in [5, 5.41) is 4.54. The van der Waals surface area contributed by atoms with E-state index in [1.165, 1.54) is 11.6 Å². The van der Waals surface area contributed by atoms with Crippen LogP contribution < -0.4 is 10.6 Å². The molecule has 1 aliphatic carbocycles. The molecule has 9 heteroatoms. The van der Waals surface area contributed by atoms with Crippen LogP contribution in [0, 0.1) is 11.2 Å². The van der Waals surface area contributed by atoms with Crippen LogP contribution in [0.5, 0.6) is 0 Å². The summed E-state index contributed by atoms with van der Waals surface area (Å²) in [5.74, 6) is 0.411. The van der Waals surface area contributed by atoms with Gasteiger partial charge in [-0.2, -0.15) is 5.10 Å². The molecule has 2 N–H and O–H groups in total. The van der Waals surface area contributed by atoms with Crippen LogP contribution in [0.15, 0.2) is 55.0 Å². The molecule has 0 radical (unpaired) electrons. The van der Waals surface area contributed by atoms with Crippen molar-refractivity contribution < 1.29 is 4.39 Å². The van der Waals surface area contributed by atoms with Gasteiger partial charge in [-0.05, 0) is 48.4 Å². The van der Waals surface area contributed by atoms with E-state index in [2.05, 4.69) is 21.0 Å². The third-order valence-electron chi connectivity index (χ3n) is 7.14. The second-order valence-electron chi connectivity index (χ2n) is 8.74. The van der Waals surface area contributed by atoms with Crippen LogP contribution >= 0.6 is 24.0 Å². The van der Waals surface area contributed by atoms with Gasteiger partial charge in [-0.15, -0.1) is 12.4 Å². The lowest BCUT2D eigenvalue weighted by Gasteiger charge is -2.42. The molecule has 1 saturated heterocycles. The summed E-state index contributed by atoms with van der Waals surface area (Å²) in [6.45, 7) is 1.71. The van der Waals surface area contributed by atoms with E-state index in [1.807, 2.05) is 18.3 Å². The lowest BCUT2D eigenvalue weighted by atomic mass is 9.73. The number of fused-ring (bicyclic) bond motifs is 2. The number of benzene rings is 1. The predicted molar refractivity (Wildman–Crippen MR) is 129 cm³/mol. The van der Waals surface area contributed by atoms with Gasteiger partial charge in [-0.1, -0.05) is 29.8 Å². The average Bonchev–Trinajstić information content (AvgIpc) is 3.40. The maximum atomic E-state index is 14.0. The number of anilines is 1. The van der Waals surface area contributed by atoms with Crippen molar-refractivity contribution in [2.45, 2.75) is 25.3 Å². The second kappa shape index (κ2) is 8.24. The van der Waals surface area contributed by atoms with E-state index >= 15 is 0 Å². The quantitative estimate of drug-likeness (QED) is 0.440. The molecular formula is C24H23Cl2FN6. The highest BCUT2D eigenvalue weighted by Gasteiger charge is 2.46. The molecule has 1 spiro atoms. The third kappa shape index (κ3) is 3.38. The highest BCUT2D eigenvalue weighted by molar-refractivity contribution is 6.33. The van der Waals surface area contributed by atoms with Crippen molar-refractivity contribution in [3.8, 4) is 11.3 Å². The molecule has 170 valence electrons. The Balaban J connectivity index is 0.00000228. The maximum Gasteiger partial charge on any atom is 0.154 e. The van der Waals surface area contributed by atoms with Crippen LogP contribution in [0.25, 0.3) is 16.8 Å². The molecule has 1 aromatic carbocycles. The zero-order valence-corrected chi connectivity index (χ0v) is 19.4. The molecule has 4 heterocycles. The first-order valence-electron chi connectivity index (χ1n) is 10.8. The Morgan fingerprint density at radius 3 is 2.67 bits per heavy atom. The van der Waals surface area contributed by atoms with Gasteiger partial charge in [0.25, 0.3) is 0 Å². The van der Waals surface area contributed by atoms with Crippen molar-refractivity contribution in [1.29, 1.82) is 0 Å². The molecule has 0 unspecified atom stereocenters. The molecular weight excluding hydrogens is 462 g/mol. The number of aromatic nitrogens is 4. The number of halogens is 3. The second-order valence-corrected chi connectivity index (χ2v) is 9.12. The SMILES string of the molecule is Cl.N[C@@H]1c2cccnc2CC12CCN(c1ncc(-c3cccc(F)c3Cl)n3nccc13)CC2. The number of nitrogens with two attached hydrogens (primary N) is 1. The van der Waals surface area contributed by atoms with Crippen molar-refractivity contribution >= 4 is 35.3 Å². The van der Waals surface area contributed by atoms with Gasteiger partial charge in [0.05, 0.1) is 23.1 Å². The van der Waals surface area contributed by atoms with Gasteiger partial charge in [0.2, 0.25) is 0 Å². The van der Waals surface area contributed by atoms with Gasteiger partial charge < -0.3 is 10.6 Å². The lowest BCUT2D eigenvalue weighted by Crippen LogP contribution is -2.44. The number of hydrogen-bond acceptors (Lipinski definition) is 5. The number of hydrogen-bond donors (Lipinski definition) is 1. The maximum absolute atomic E-state index is 14.0. The Labute approximate surface area is 202 Å². The monoisotopic (exact) mass is 484 g/mol. The minimum Gasteiger partial charge on any atom is -0.355 e. The van der Waals surface area contributed by atoms with Gasteiger partial charge in [-0.3, -0.25) is 4.98 Å². The molecule has 4 aromatic rings. The standard InChI is InChI=1S/C24H22ClFN6.ClH/c25-21-16(3-1-5-17(21)26)20-14-29-23(19-6-10-30-32(19)20)31-11-7-24(8-12-31)13-18-15(22(24)27)4-2-9-28-18;/h1-6,9-10,14,22H,7-8,11-13,27H2;1H/t22-;/m1./s1. The zero-order valence-electron chi connectivity index (χ0n) is 17.8. The van der Waals surface area contributed by atoms with Crippen molar-refractivity contribution in [1.82, 2.24) is 19.6 Å². The lowest BCUT2D eigenvalue weighted by molar-refractivity contribution is 0.187. The molecule has 6 rings (SSSR count). The van der Waals surface area contributed by atoms with Crippen LogP contribution in [-0.4, -0.2) is 32.7 Å². The molecule has 2 aliphatic rings. The average molecular weight is 485 g/mol. The fourth-order valence-corrected chi connectivity index (χ4v) is 5.57. The topological polar surface area (TPSA) is 72.3 Å². The Bertz CT molecular complexity index is 1330. The van der Waals surface area contributed by atoms with Gasteiger partial charge in [0, 0.05) is 36.6 Å². The molecule has 1 atom stereocenters. The molecule has 6 nitrogen and oxygen atoms in total. The fraction of sp³-hybridized carbons (Fsp3) is 0.292. The van der Waals surface area contributed by atoms with Crippen molar-refractivity contribution in [3.63, 3.8) is 0 Å². The molecule has 0 amide bonds. The number of nitrogens with zero attached hydrogens (tertiary/aromatic N) is 5. The van der Waals surface area contributed by atoms with E-state index in [1.54, 1.807) is 29.0 Å². The van der Waals surface area contributed by atoms with Gasteiger partial charge in [0.1, 0.15) is 11.3 Å². The molecule has 0 bridgehead atoms. The summed E-state index contributed by atoms with van der Waals surface area (Å²) in [6, 6.07) is 10.8. The summed E-state index contributed by atoms with van der Waals surface area (Å²) >= 11 is 6.23. The van der Waals surface area contributed by atoms with Gasteiger partial charge in [-0.25, -0.2) is 13.9 Å². The predicted octanol–water partition coefficient (Wildman–Crippen LogP) is 4.85. The van der Waals surface area contributed by atoms with E-state index in [4.69, 9.17) is 22.3 Å². The van der Waals surface area contributed by atoms with Gasteiger partial charge >= 0.3 is 0 Å².